The molecule has 2 amide bonds. The maximum absolute atomic E-state index is 11.7. The van der Waals surface area contributed by atoms with Crippen molar-refractivity contribution in [2.24, 2.45) is 0 Å². The molecule has 1 aliphatic rings. The number of hydrazine groups is 1. The van der Waals surface area contributed by atoms with Crippen LogP contribution in [0.15, 0.2) is 12.7 Å². The van der Waals surface area contributed by atoms with Crippen molar-refractivity contribution in [3.63, 3.8) is 0 Å². The molecule has 0 saturated carbocycles. The van der Waals surface area contributed by atoms with Gasteiger partial charge < -0.3 is 0 Å². The van der Waals surface area contributed by atoms with Gasteiger partial charge in [0.15, 0.2) is 0 Å². The lowest BCUT2D eigenvalue weighted by Crippen LogP contribution is -2.49. The lowest BCUT2D eigenvalue weighted by molar-refractivity contribution is -0.135. The number of nitrogens with one attached hydrogen (secondary N) is 1. The maximum Gasteiger partial charge on any atom is 0.249 e. The van der Waals surface area contributed by atoms with Crippen molar-refractivity contribution in [2.75, 3.05) is 20.6 Å². The van der Waals surface area contributed by atoms with E-state index in [1.807, 2.05) is 24.1 Å². The zero-order valence-electron chi connectivity index (χ0n) is 9.19. The van der Waals surface area contributed by atoms with E-state index in [-0.39, 0.29) is 11.9 Å². The summed E-state index contributed by atoms with van der Waals surface area (Å²) in [4.78, 5) is 22.7. The van der Waals surface area contributed by atoms with E-state index in [2.05, 4.69) is 11.9 Å². The van der Waals surface area contributed by atoms with Crippen LogP contribution < -0.4 is 5.32 Å². The summed E-state index contributed by atoms with van der Waals surface area (Å²) in [5, 5.41) is 6.13. The van der Waals surface area contributed by atoms with Crippen LogP contribution in [0.2, 0.25) is 0 Å². The molecule has 15 heavy (non-hydrogen) atoms. The number of rotatable bonds is 3. The van der Waals surface area contributed by atoms with Gasteiger partial charge in [0.05, 0.1) is 0 Å². The van der Waals surface area contributed by atoms with Crippen LogP contribution in [0.3, 0.4) is 0 Å². The molecule has 1 saturated heterocycles. The molecule has 0 aromatic carbocycles. The second kappa shape index (κ2) is 5.04. The summed E-state index contributed by atoms with van der Waals surface area (Å²) < 4.78 is 0. The van der Waals surface area contributed by atoms with Gasteiger partial charge in [0.2, 0.25) is 11.8 Å². The van der Waals surface area contributed by atoms with Gasteiger partial charge in [0.25, 0.3) is 0 Å². The van der Waals surface area contributed by atoms with Gasteiger partial charge in [-0.2, -0.15) is 0 Å². The van der Waals surface area contributed by atoms with Crippen LogP contribution >= 0.6 is 0 Å². The molecule has 0 aromatic heterocycles. The molecule has 1 fully saturated rings. The monoisotopic (exact) mass is 211 g/mol. The first kappa shape index (κ1) is 11.9. The summed E-state index contributed by atoms with van der Waals surface area (Å²) in [6.45, 7) is 4.16. The molecular weight excluding hydrogens is 194 g/mol. The zero-order valence-corrected chi connectivity index (χ0v) is 9.19. The Bertz CT molecular complexity index is 276. The predicted octanol–water partition coefficient (Wildman–Crippen LogP) is -0.244. The molecule has 1 aliphatic heterocycles. The van der Waals surface area contributed by atoms with Crippen molar-refractivity contribution >= 4 is 11.8 Å². The van der Waals surface area contributed by atoms with Crippen molar-refractivity contribution in [1.29, 1.82) is 0 Å². The molecule has 84 valence electrons. The summed E-state index contributed by atoms with van der Waals surface area (Å²) in [7, 11) is 3.78. The predicted molar refractivity (Wildman–Crippen MR) is 56.8 cm³/mol. The minimum Gasteiger partial charge on any atom is -0.291 e. The fourth-order valence-electron chi connectivity index (χ4n) is 1.75. The van der Waals surface area contributed by atoms with Crippen LogP contribution in [0.25, 0.3) is 0 Å². The minimum absolute atomic E-state index is 0.233. The van der Waals surface area contributed by atoms with Crippen molar-refractivity contribution in [3.05, 3.63) is 12.7 Å². The van der Waals surface area contributed by atoms with Crippen LogP contribution in [-0.2, 0) is 9.59 Å². The Morgan fingerprint density at radius 1 is 1.53 bits per heavy atom. The van der Waals surface area contributed by atoms with Crippen molar-refractivity contribution in [2.45, 2.75) is 18.9 Å². The average Bonchev–Trinajstić information content (AvgIpc) is 2.65. The van der Waals surface area contributed by atoms with E-state index in [0.717, 1.165) is 25.5 Å². The van der Waals surface area contributed by atoms with E-state index in [1.165, 1.54) is 0 Å². The van der Waals surface area contributed by atoms with Crippen molar-refractivity contribution in [1.82, 2.24) is 15.3 Å². The van der Waals surface area contributed by atoms with Gasteiger partial charge >= 0.3 is 0 Å². The highest BCUT2D eigenvalue weighted by atomic mass is 16.2. The number of hydrogen-bond acceptors (Lipinski definition) is 4. The van der Waals surface area contributed by atoms with E-state index >= 15 is 0 Å². The normalized spacial score (nSPS) is 21.7. The topological polar surface area (TPSA) is 52.7 Å². The molecule has 0 aliphatic carbocycles. The SMILES string of the molecule is C=CC(=O)NC(=O)C1CCCN1N(C)C. The molecule has 1 N–H and O–H groups in total. The van der Waals surface area contributed by atoms with Crippen LogP contribution in [0, 0.1) is 0 Å². The Morgan fingerprint density at radius 2 is 2.20 bits per heavy atom. The molecule has 1 atom stereocenters. The molecule has 1 unspecified atom stereocenters. The van der Waals surface area contributed by atoms with E-state index in [9.17, 15) is 9.59 Å². The van der Waals surface area contributed by atoms with E-state index in [0.29, 0.717) is 0 Å². The van der Waals surface area contributed by atoms with Gasteiger partial charge in [-0.3, -0.25) is 14.9 Å². The van der Waals surface area contributed by atoms with Gasteiger partial charge in [-0.1, -0.05) is 6.58 Å². The molecule has 0 spiro atoms. The molecule has 5 heteroatoms. The van der Waals surface area contributed by atoms with Crippen LogP contribution in [0.5, 0.6) is 0 Å². The van der Waals surface area contributed by atoms with Crippen molar-refractivity contribution in [3.8, 4) is 0 Å². The Balaban J connectivity index is 2.58. The smallest absolute Gasteiger partial charge is 0.249 e. The Morgan fingerprint density at radius 3 is 2.73 bits per heavy atom. The molecule has 0 aromatic rings. The summed E-state index contributed by atoms with van der Waals surface area (Å²) >= 11 is 0. The standard InChI is InChI=1S/C10H17N3O2/c1-4-9(14)11-10(15)8-6-5-7-13(8)12(2)3/h4,8H,1,5-7H2,2-3H3,(H,11,14,15). The third kappa shape index (κ3) is 2.87. The summed E-state index contributed by atoms with van der Waals surface area (Å²) in [5.41, 5.74) is 0. The van der Waals surface area contributed by atoms with E-state index < -0.39 is 5.91 Å². The summed E-state index contributed by atoms with van der Waals surface area (Å²) in [6, 6.07) is -0.233. The molecule has 0 radical (unpaired) electrons. The highest BCUT2D eigenvalue weighted by Crippen LogP contribution is 2.17. The van der Waals surface area contributed by atoms with Gasteiger partial charge in [0, 0.05) is 20.6 Å². The Labute approximate surface area is 89.7 Å². The molecule has 5 nitrogen and oxygen atoms in total. The van der Waals surface area contributed by atoms with Crippen LogP contribution in [0.1, 0.15) is 12.8 Å². The van der Waals surface area contributed by atoms with Gasteiger partial charge in [-0.25, -0.2) is 10.0 Å². The van der Waals surface area contributed by atoms with E-state index in [4.69, 9.17) is 0 Å². The Kier molecular flexibility index (Phi) is 3.99. The van der Waals surface area contributed by atoms with Gasteiger partial charge in [0.1, 0.15) is 6.04 Å². The minimum atomic E-state index is -0.439. The highest BCUT2D eigenvalue weighted by Gasteiger charge is 2.32. The van der Waals surface area contributed by atoms with E-state index in [1.54, 1.807) is 0 Å². The number of amides is 2. The second-order valence-electron chi connectivity index (χ2n) is 3.73. The number of imide groups is 1. The third-order valence-corrected chi connectivity index (χ3v) is 2.47. The summed E-state index contributed by atoms with van der Waals surface area (Å²) in [6.07, 6.45) is 2.86. The average molecular weight is 211 g/mol. The fraction of sp³-hybridized carbons (Fsp3) is 0.600. The number of carbonyl (C=O) groups is 2. The van der Waals surface area contributed by atoms with Crippen molar-refractivity contribution < 1.29 is 9.59 Å². The lowest BCUT2D eigenvalue weighted by atomic mass is 10.2. The maximum atomic E-state index is 11.7. The second-order valence-corrected chi connectivity index (χ2v) is 3.73. The third-order valence-electron chi connectivity index (χ3n) is 2.47. The number of hydrogen-bond donors (Lipinski definition) is 1. The van der Waals surface area contributed by atoms with Gasteiger partial charge in [-0.05, 0) is 18.9 Å². The lowest BCUT2D eigenvalue weighted by Gasteiger charge is -2.29. The number of nitrogens with zero attached hydrogens (tertiary/aromatic N) is 2. The van der Waals surface area contributed by atoms with Crippen LogP contribution in [0.4, 0.5) is 0 Å². The first-order chi connectivity index (χ1) is 7.06. The van der Waals surface area contributed by atoms with Gasteiger partial charge in [-0.15, -0.1) is 0 Å². The molecular formula is C10H17N3O2. The molecule has 0 bridgehead atoms. The van der Waals surface area contributed by atoms with Crippen LogP contribution in [-0.4, -0.2) is 48.5 Å². The Hall–Kier alpha value is -1.20. The largest absolute Gasteiger partial charge is 0.291 e. The quantitative estimate of drug-likeness (QED) is 0.654. The fourth-order valence-corrected chi connectivity index (χ4v) is 1.75. The number of carbonyl (C=O) groups excluding carboxylic acids is 2. The zero-order chi connectivity index (χ0) is 11.4. The molecule has 1 heterocycles. The first-order valence-corrected chi connectivity index (χ1v) is 4.97. The molecule has 1 rings (SSSR count). The highest BCUT2D eigenvalue weighted by molar-refractivity contribution is 6.02. The summed E-state index contributed by atoms with van der Waals surface area (Å²) in [5.74, 6) is -0.684. The first-order valence-electron chi connectivity index (χ1n) is 4.97.